The lowest BCUT2D eigenvalue weighted by atomic mass is 10.1. The topological polar surface area (TPSA) is 52.3 Å². The fourth-order valence-electron chi connectivity index (χ4n) is 0.860. The summed E-state index contributed by atoms with van der Waals surface area (Å²) in [5, 5.41) is 0. The van der Waals surface area contributed by atoms with Crippen LogP contribution in [0.3, 0.4) is 0 Å². The molecule has 3 heteroatoms. The second kappa shape index (κ2) is 3.88. The van der Waals surface area contributed by atoms with Crippen molar-refractivity contribution in [2.75, 3.05) is 0 Å². The molecule has 1 radical (unpaired) electrons. The molecule has 0 fully saturated rings. The quantitative estimate of drug-likeness (QED) is 0.666. The molecule has 12 heavy (non-hydrogen) atoms. The Morgan fingerprint density at radius 2 is 2.00 bits per heavy atom. The van der Waals surface area contributed by atoms with Crippen molar-refractivity contribution in [3.63, 3.8) is 0 Å². The molecular weight excluding hydrogens is 154 g/mol. The van der Waals surface area contributed by atoms with Crippen LogP contribution < -0.4 is 5.73 Å². The van der Waals surface area contributed by atoms with E-state index in [9.17, 15) is 4.79 Å². The summed E-state index contributed by atoms with van der Waals surface area (Å²) in [5.74, 6) is -0.432. The summed E-state index contributed by atoms with van der Waals surface area (Å²) >= 11 is 0. The van der Waals surface area contributed by atoms with E-state index in [4.69, 9.17) is 5.73 Å². The van der Waals surface area contributed by atoms with Crippen molar-refractivity contribution in [1.82, 2.24) is 0 Å². The van der Waals surface area contributed by atoms with Gasteiger partial charge in [0.05, 0.1) is 5.56 Å². The second-order valence-electron chi connectivity index (χ2n) is 2.33. The number of rotatable bonds is 2. The Hall–Kier alpha value is -1.35. The molecule has 63 valence electrons. The number of carbonyl (C=O) groups excluding carboxylic acids is 1. The molecule has 2 N–H and O–H groups in total. The first-order valence-electron chi connectivity index (χ1n) is 3.53. The van der Waals surface area contributed by atoms with Crippen molar-refractivity contribution in [3.05, 3.63) is 42.5 Å². The molecule has 1 aromatic rings. The van der Waals surface area contributed by atoms with E-state index in [1.165, 1.54) is 0 Å². The minimum absolute atomic E-state index is 0.432. The van der Waals surface area contributed by atoms with E-state index in [1.807, 2.05) is 0 Å². The number of esters is 1. The molecule has 0 heterocycles. The zero-order chi connectivity index (χ0) is 8.97. The molecule has 0 amide bonds. The van der Waals surface area contributed by atoms with Crippen LogP contribution in [-0.4, -0.2) is 5.97 Å². The van der Waals surface area contributed by atoms with Gasteiger partial charge in [-0.05, 0) is 17.7 Å². The highest BCUT2D eigenvalue weighted by molar-refractivity contribution is 5.89. The van der Waals surface area contributed by atoms with Gasteiger partial charge in [-0.2, -0.15) is 0 Å². The Labute approximate surface area is 71.1 Å². The maximum atomic E-state index is 10.9. The summed E-state index contributed by atoms with van der Waals surface area (Å²) in [5.41, 5.74) is 6.85. The highest BCUT2D eigenvalue weighted by Crippen LogP contribution is 2.04. The molecule has 0 aliphatic heterocycles. The van der Waals surface area contributed by atoms with Crippen LogP contribution in [0.2, 0.25) is 0 Å². The molecule has 0 unspecified atom stereocenters. The van der Waals surface area contributed by atoms with E-state index in [2.05, 4.69) is 11.8 Å². The molecular formula is C9H10NO2. The smallest absolute Gasteiger partial charge is 0.338 e. The van der Waals surface area contributed by atoms with Gasteiger partial charge in [-0.15, -0.1) is 0 Å². The Kier molecular flexibility index (Phi) is 2.82. The Morgan fingerprint density at radius 1 is 1.42 bits per heavy atom. The maximum absolute atomic E-state index is 10.9. The molecule has 0 aliphatic rings. The molecule has 0 saturated carbocycles. The van der Waals surface area contributed by atoms with E-state index in [0.29, 0.717) is 12.1 Å². The first-order chi connectivity index (χ1) is 5.77. The van der Waals surface area contributed by atoms with Crippen LogP contribution in [0.4, 0.5) is 0 Å². The lowest BCUT2D eigenvalue weighted by Crippen LogP contribution is -2.01. The molecule has 0 spiro atoms. The van der Waals surface area contributed by atoms with E-state index in [-0.39, 0.29) is 0 Å². The van der Waals surface area contributed by atoms with Gasteiger partial charge in [0.2, 0.25) is 0 Å². The fourth-order valence-corrected chi connectivity index (χ4v) is 0.860. The summed E-state index contributed by atoms with van der Waals surface area (Å²) in [6, 6.07) is 6.89. The first-order valence-corrected chi connectivity index (χ1v) is 3.53. The Bertz CT molecular complexity index is 266. The Balaban J connectivity index is 2.84. The normalized spacial score (nSPS) is 9.50. The van der Waals surface area contributed by atoms with E-state index < -0.39 is 5.97 Å². The Morgan fingerprint density at radius 3 is 2.42 bits per heavy atom. The molecule has 0 atom stereocenters. The predicted molar refractivity (Wildman–Crippen MR) is 45.1 cm³/mol. The van der Waals surface area contributed by atoms with Crippen LogP contribution in [0.25, 0.3) is 0 Å². The molecule has 0 aromatic heterocycles. The zero-order valence-electron chi connectivity index (χ0n) is 6.62. The van der Waals surface area contributed by atoms with Crippen LogP contribution in [0.5, 0.6) is 0 Å². The van der Waals surface area contributed by atoms with Crippen LogP contribution in [0.15, 0.2) is 24.3 Å². The van der Waals surface area contributed by atoms with Gasteiger partial charge in [0, 0.05) is 6.54 Å². The lowest BCUT2D eigenvalue weighted by Gasteiger charge is -1.99. The number of ether oxygens (including phenoxy) is 1. The average Bonchev–Trinajstić information content (AvgIpc) is 2.17. The summed E-state index contributed by atoms with van der Waals surface area (Å²) in [7, 11) is 3.03. The van der Waals surface area contributed by atoms with Crippen molar-refractivity contribution >= 4 is 5.97 Å². The zero-order valence-corrected chi connectivity index (χ0v) is 6.62. The largest absolute Gasteiger partial charge is 0.458 e. The monoisotopic (exact) mass is 164 g/mol. The summed E-state index contributed by atoms with van der Waals surface area (Å²) in [4.78, 5) is 10.9. The van der Waals surface area contributed by atoms with Gasteiger partial charge in [-0.1, -0.05) is 12.1 Å². The third-order valence-corrected chi connectivity index (χ3v) is 1.56. The van der Waals surface area contributed by atoms with Gasteiger partial charge in [0.1, 0.15) is 7.11 Å². The van der Waals surface area contributed by atoms with Crippen molar-refractivity contribution in [3.8, 4) is 0 Å². The van der Waals surface area contributed by atoms with E-state index in [0.717, 1.165) is 5.56 Å². The third-order valence-electron chi connectivity index (χ3n) is 1.56. The van der Waals surface area contributed by atoms with Crippen molar-refractivity contribution in [2.24, 2.45) is 5.73 Å². The van der Waals surface area contributed by atoms with Gasteiger partial charge in [0.15, 0.2) is 0 Å². The average molecular weight is 164 g/mol. The molecule has 0 aliphatic carbocycles. The summed E-state index contributed by atoms with van der Waals surface area (Å²) in [6.07, 6.45) is 0. The second-order valence-corrected chi connectivity index (χ2v) is 2.33. The fraction of sp³-hybridized carbons (Fsp3) is 0.111. The first kappa shape index (κ1) is 8.74. The van der Waals surface area contributed by atoms with E-state index in [1.54, 1.807) is 24.3 Å². The highest BCUT2D eigenvalue weighted by atomic mass is 16.5. The molecule has 1 aromatic carbocycles. The number of benzene rings is 1. The van der Waals surface area contributed by atoms with Gasteiger partial charge in [-0.3, -0.25) is 0 Å². The summed E-state index contributed by atoms with van der Waals surface area (Å²) < 4.78 is 4.29. The predicted octanol–water partition coefficient (Wildman–Crippen LogP) is 1.09. The van der Waals surface area contributed by atoms with Gasteiger partial charge in [0.25, 0.3) is 0 Å². The van der Waals surface area contributed by atoms with Crippen molar-refractivity contribution < 1.29 is 9.53 Å². The van der Waals surface area contributed by atoms with Gasteiger partial charge >= 0.3 is 5.97 Å². The van der Waals surface area contributed by atoms with Crippen LogP contribution in [0.1, 0.15) is 15.9 Å². The third kappa shape index (κ3) is 1.83. The molecule has 0 bridgehead atoms. The standard InChI is InChI=1S/C9H10NO2/c1-12-9(11)8-4-2-7(6-10)3-5-8/h2-5H,1,6,10H2. The van der Waals surface area contributed by atoms with E-state index >= 15 is 0 Å². The molecule has 1 rings (SSSR count). The van der Waals surface area contributed by atoms with Gasteiger partial charge in [-0.25, -0.2) is 4.79 Å². The van der Waals surface area contributed by atoms with Crippen molar-refractivity contribution in [2.45, 2.75) is 6.54 Å². The van der Waals surface area contributed by atoms with Crippen LogP contribution >= 0.6 is 0 Å². The minimum Gasteiger partial charge on any atom is -0.458 e. The summed E-state index contributed by atoms with van der Waals surface area (Å²) in [6.45, 7) is 0.472. The minimum atomic E-state index is -0.432. The number of hydrogen-bond acceptors (Lipinski definition) is 3. The number of hydrogen-bond donors (Lipinski definition) is 1. The number of nitrogens with two attached hydrogens (primary N) is 1. The lowest BCUT2D eigenvalue weighted by molar-refractivity contribution is 0.0654. The number of carbonyl (C=O) groups is 1. The van der Waals surface area contributed by atoms with Crippen molar-refractivity contribution in [1.29, 1.82) is 0 Å². The highest BCUT2D eigenvalue weighted by Gasteiger charge is 2.02. The maximum Gasteiger partial charge on any atom is 0.338 e. The van der Waals surface area contributed by atoms with Crippen LogP contribution in [-0.2, 0) is 11.3 Å². The molecule has 3 nitrogen and oxygen atoms in total. The van der Waals surface area contributed by atoms with Crippen LogP contribution in [0, 0.1) is 7.11 Å². The van der Waals surface area contributed by atoms with Gasteiger partial charge < -0.3 is 10.5 Å². The SMILES string of the molecule is [CH2]OC(=O)c1ccc(CN)cc1. The molecule has 0 saturated heterocycles.